The molecule has 0 atom stereocenters. The van der Waals surface area contributed by atoms with Gasteiger partial charge in [0, 0.05) is 11.4 Å². The fourth-order valence-electron chi connectivity index (χ4n) is 2.56. The predicted molar refractivity (Wildman–Crippen MR) is 116 cm³/mol. The molecule has 0 aliphatic carbocycles. The maximum Gasteiger partial charge on any atom is 0.238 e. The summed E-state index contributed by atoms with van der Waals surface area (Å²) in [6.07, 6.45) is 0.812. The molecule has 3 aromatic rings. The number of rotatable bonds is 9. The molecule has 3 rings (SSSR count). The van der Waals surface area contributed by atoms with Crippen LogP contribution in [0.2, 0.25) is 0 Å². The van der Waals surface area contributed by atoms with Gasteiger partial charge in [-0.25, -0.2) is 13.6 Å². The molecular weight excluding hydrogens is 416 g/mol. The van der Waals surface area contributed by atoms with Crippen molar-refractivity contribution in [3.8, 4) is 5.75 Å². The Morgan fingerprint density at radius 2 is 1.64 bits per heavy atom. The van der Waals surface area contributed by atoms with Crippen molar-refractivity contribution in [1.29, 1.82) is 0 Å². The van der Waals surface area contributed by atoms with Crippen LogP contribution in [0.4, 0.5) is 0 Å². The molecule has 0 unspecified atom stereocenters. The monoisotopic (exact) mass is 438 g/mol. The van der Waals surface area contributed by atoms with Crippen LogP contribution in [0.3, 0.4) is 0 Å². The van der Waals surface area contributed by atoms with Gasteiger partial charge in [0.05, 0.1) is 4.90 Å². The number of thiophene rings is 1. The smallest absolute Gasteiger partial charge is 0.238 e. The average Bonchev–Trinajstić information content (AvgIpc) is 3.18. The molecule has 0 aliphatic heterocycles. The molecule has 1 heterocycles. The molecule has 0 spiro atoms. The second kappa shape index (κ2) is 10.6. The third kappa shape index (κ3) is 6.92. The number of primary sulfonamides is 1. The van der Waals surface area contributed by atoms with Crippen LogP contribution in [0.25, 0.3) is 0 Å². The standard InChI is InChI=1S/C20H22N2O3S2.ClH/c21-27(23,24)20-9-5-16(6-10-20)11-12-22-14-17-3-7-18(8-4-17)25-15-19-2-1-13-26-19;/h1-10,13,22H,11-12,14-15H2,(H2,21,23,24);1H. The lowest BCUT2D eigenvalue weighted by Crippen LogP contribution is -2.17. The highest BCUT2D eigenvalue weighted by Gasteiger charge is 2.06. The quantitative estimate of drug-likeness (QED) is 0.499. The molecule has 2 aromatic carbocycles. The Hall–Kier alpha value is -1.90. The van der Waals surface area contributed by atoms with Crippen LogP contribution in [0, 0.1) is 0 Å². The minimum Gasteiger partial charge on any atom is -0.488 e. The first-order valence-corrected chi connectivity index (χ1v) is 11.0. The summed E-state index contributed by atoms with van der Waals surface area (Å²) in [5.74, 6) is 0.863. The van der Waals surface area contributed by atoms with E-state index in [2.05, 4.69) is 23.5 Å². The van der Waals surface area contributed by atoms with Crippen LogP contribution in [0.1, 0.15) is 16.0 Å². The third-order valence-electron chi connectivity index (χ3n) is 4.06. The number of halogens is 1. The van der Waals surface area contributed by atoms with Crippen LogP contribution in [-0.2, 0) is 29.6 Å². The van der Waals surface area contributed by atoms with Crippen molar-refractivity contribution in [2.75, 3.05) is 6.54 Å². The number of benzene rings is 2. The van der Waals surface area contributed by atoms with Crippen molar-refractivity contribution >= 4 is 33.8 Å². The van der Waals surface area contributed by atoms with Gasteiger partial charge in [-0.15, -0.1) is 23.7 Å². The normalized spacial score (nSPS) is 11.0. The van der Waals surface area contributed by atoms with Gasteiger partial charge in [0.2, 0.25) is 10.0 Å². The molecule has 150 valence electrons. The Bertz CT molecular complexity index is 942. The first-order chi connectivity index (χ1) is 13.0. The third-order valence-corrected chi connectivity index (χ3v) is 5.84. The lowest BCUT2D eigenvalue weighted by molar-refractivity contribution is 0.309. The highest BCUT2D eigenvalue weighted by atomic mass is 35.5. The molecule has 0 aliphatic rings. The molecule has 0 amide bonds. The number of sulfonamides is 1. The number of ether oxygens (including phenoxy) is 1. The van der Waals surface area contributed by atoms with E-state index in [9.17, 15) is 8.42 Å². The first kappa shape index (κ1) is 22.4. The minimum absolute atomic E-state index is 0. The van der Waals surface area contributed by atoms with Gasteiger partial charge in [0.1, 0.15) is 12.4 Å². The number of nitrogens with one attached hydrogen (secondary N) is 1. The van der Waals surface area contributed by atoms with Crippen molar-refractivity contribution in [3.63, 3.8) is 0 Å². The Balaban J connectivity index is 0.00000280. The van der Waals surface area contributed by atoms with Crippen molar-refractivity contribution in [2.24, 2.45) is 5.14 Å². The van der Waals surface area contributed by atoms with Crippen LogP contribution in [-0.4, -0.2) is 15.0 Å². The Morgan fingerprint density at radius 1 is 0.964 bits per heavy atom. The second-order valence-electron chi connectivity index (χ2n) is 6.13. The Morgan fingerprint density at radius 3 is 2.25 bits per heavy atom. The van der Waals surface area contributed by atoms with E-state index in [1.165, 1.54) is 10.4 Å². The predicted octanol–water partition coefficient (Wildman–Crippen LogP) is 3.73. The summed E-state index contributed by atoms with van der Waals surface area (Å²) in [6.45, 7) is 2.16. The second-order valence-corrected chi connectivity index (χ2v) is 8.72. The zero-order valence-electron chi connectivity index (χ0n) is 15.2. The van der Waals surface area contributed by atoms with Crippen molar-refractivity contribution in [3.05, 3.63) is 82.0 Å². The van der Waals surface area contributed by atoms with Gasteiger partial charge >= 0.3 is 0 Å². The molecule has 8 heteroatoms. The van der Waals surface area contributed by atoms with E-state index in [1.807, 2.05) is 23.6 Å². The summed E-state index contributed by atoms with van der Waals surface area (Å²) in [5, 5.41) is 10.5. The van der Waals surface area contributed by atoms with Gasteiger partial charge < -0.3 is 10.1 Å². The fourth-order valence-corrected chi connectivity index (χ4v) is 3.70. The number of hydrogen-bond donors (Lipinski definition) is 2. The lowest BCUT2D eigenvalue weighted by Gasteiger charge is -2.08. The van der Waals surface area contributed by atoms with Crippen LogP contribution in [0.15, 0.2) is 70.9 Å². The summed E-state index contributed by atoms with van der Waals surface area (Å²) in [5.41, 5.74) is 2.25. The van der Waals surface area contributed by atoms with Crippen LogP contribution >= 0.6 is 23.7 Å². The van der Waals surface area contributed by atoms with E-state index in [-0.39, 0.29) is 17.3 Å². The number of nitrogens with two attached hydrogens (primary N) is 1. The molecule has 0 bridgehead atoms. The van der Waals surface area contributed by atoms with E-state index in [0.29, 0.717) is 6.61 Å². The highest BCUT2D eigenvalue weighted by Crippen LogP contribution is 2.16. The molecular formula is C20H23ClN2O3S2. The Kier molecular flexibility index (Phi) is 8.47. The molecule has 0 radical (unpaired) electrons. The van der Waals surface area contributed by atoms with Crippen molar-refractivity contribution in [2.45, 2.75) is 24.5 Å². The van der Waals surface area contributed by atoms with Gasteiger partial charge in [-0.3, -0.25) is 0 Å². The van der Waals surface area contributed by atoms with E-state index >= 15 is 0 Å². The van der Waals surface area contributed by atoms with Gasteiger partial charge in [0.15, 0.2) is 0 Å². The zero-order chi connectivity index (χ0) is 19.1. The maximum absolute atomic E-state index is 11.2. The first-order valence-electron chi connectivity index (χ1n) is 8.57. The summed E-state index contributed by atoms with van der Waals surface area (Å²) in [4.78, 5) is 1.35. The largest absolute Gasteiger partial charge is 0.488 e. The molecule has 1 aromatic heterocycles. The van der Waals surface area contributed by atoms with E-state index < -0.39 is 10.0 Å². The molecule has 3 N–H and O–H groups in total. The van der Waals surface area contributed by atoms with Gasteiger partial charge in [-0.1, -0.05) is 30.3 Å². The Labute approximate surface area is 176 Å². The molecule has 0 saturated carbocycles. The van der Waals surface area contributed by atoms with Crippen LogP contribution < -0.4 is 15.2 Å². The van der Waals surface area contributed by atoms with Crippen molar-refractivity contribution in [1.82, 2.24) is 5.32 Å². The highest BCUT2D eigenvalue weighted by molar-refractivity contribution is 7.89. The van der Waals surface area contributed by atoms with E-state index in [1.54, 1.807) is 35.6 Å². The number of hydrogen-bond acceptors (Lipinski definition) is 5. The average molecular weight is 439 g/mol. The summed E-state index contributed by atoms with van der Waals surface area (Å²) in [7, 11) is -3.63. The molecule has 0 saturated heterocycles. The van der Waals surface area contributed by atoms with Gasteiger partial charge in [0.25, 0.3) is 0 Å². The lowest BCUT2D eigenvalue weighted by atomic mass is 10.1. The van der Waals surface area contributed by atoms with E-state index in [4.69, 9.17) is 9.88 Å². The SMILES string of the molecule is Cl.NS(=O)(=O)c1ccc(CCNCc2ccc(OCc3cccs3)cc2)cc1. The van der Waals surface area contributed by atoms with Crippen molar-refractivity contribution < 1.29 is 13.2 Å². The van der Waals surface area contributed by atoms with Crippen LogP contribution in [0.5, 0.6) is 5.75 Å². The molecule has 28 heavy (non-hydrogen) atoms. The summed E-state index contributed by atoms with van der Waals surface area (Å²) in [6, 6.07) is 18.8. The molecule has 0 fully saturated rings. The maximum atomic E-state index is 11.2. The minimum atomic E-state index is -3.63. The topological polar surface area (TPSA) is 81.4 Å². The fraction of sp³-hybridized carbons (Fsp3) is 0.200. The summed E-state index contributed by atoms with van der Waals surface area (Å²) < 4.78 is 28.2. The van der Waals surface area contributed by atoms with Gasteiger partial charge in [-0.2, -0.15) is 0 Å². The zero-order valence-corrected chi connectivity index (χ0v) is 17.7. The molecule has 5 nitrogen and oxygen atoms in total. The van der Waals surface area contributed by atoms with E-state index in [0.717, 1.165) is 30.8 Å². The summed E-state index contributed by atoms with van der Waals surface area (Å²) >= 11 is 1.69. The van der Waals surface area contributed by atoms with Gasteiger partial charge in [-0.05, 0) is 59.8 Å².